The van der Waals surface area contributed by atoms with Crippen LogP contribution in [-0.2, 0) is 15.6 Å². The Hall–Kier alpha value is -1.53. The average molecular weight is 297 g/mol. The van der Waals surface area contributed by atoms with Gasteiger partial charge in [-0.2, -0.15) is 0 Å². The first kappa shape index (κ1) is 13.9. The molecule has 0 aliphatic rings. The number of nitrogen functional groups attached to an aromatic ring is 1. The fourth-order valence-corrected chi connectivity index (χ4v) is 4.17. The van der Waals surface area contributed by atoms with Crippen LogP contribution >= 0.6 is 11.3 Å². The molecule has 0 radical (unpaired) electrons. The molecule has 0 unspecified atom stereocenters. The van der Waals surface area contributed by atoms with Crippen LogP contribution in [0.5, 0.6) is 5.75 Å². The highest BCUT2D eigenvalue weighted by Crippen LogP contribution is 2.27. The maximum absolute atomic E-state index is 12.2. The van der Waals surface area contributed by atoms with Crippen molar-refractivity contribution in [2.75, 3.05) is 12.3 Å². The van der Waals surface area contributed by atoms with Crippen molar-refractivity contribution in [3.8, 4) is 5.75 Å². The van der Waals surface area contributed by atoms with Gasteiger partial charge in [0.05, 0.1) is 12.4 Å². The molecule has 0 aliphatic heterocycles. The van der Waals surface area contributed by atoms with E-state index in [9.17, 15) is 8.42 Å². The first-order valence-corrected chi connectivity index (χ1v) is 8.33. The average Bonchev–Trinajstić information content (AvgIpc) is 2.87. The van der Waals surface area contributed by atoms with E-state index in [4.69, 9.17) is 10.5 Å². The second-order valence-electron chi connectivity index (χ2n) is 3.99. The molecule has 0 atom stereocenters. The molecule has 0 spiro atoms. The van der Waals surface area contributed by atoms with Gasteiger partial charge in [-0.3, -0.25) is 0 Å². The molecule has 1 heterocycles. The molecule has 0 amide bonds. The van der Waals surface area contributed by atoms with Crippen LogP contribution in [0, 0.1) is 0 Å². The van der Waals surface area contributed by atoms with Gasteiger partial charge in [-0.1, -0.05) is 6.07 Å². The molecule has 0 fully saturated rings. The molecule has 1 aromatic carbocycles. The smallest absolute Gasteiger partial charge is 0.192 e. The first-order chi connectivity index (χ1) is 9.03. The van der Waals surface area contributed by atoms with Crippen molar-refractivity contribution in [2.24, 2.45) is 0 Å². The highest BCUT2D eigenvalue weighted by Gasteiger charge is 2.19. The molecule has 4 nitrogen and oxygen atoms in total. The van der Waals surface area contributed by atoms with Crippen LogP contribution in [-0.4, -0.2) is 15.0 Å². The molecule has 6 heteroatoms. The van der Waals surface area contributed by atoms with Crippen LogP contribution in [0.15, 0.2) is 39.9 Å². The number of benzene rings is 1. The van der Waals surface area contributed by atoms with Crippen LogP contribution in [0.4, 0.5) is 5.69 Å². The van der Waals surface area contributed by atoms with Crippen LogP contribution in [0.1, 0.15) is 12.5 Å². The van der Waals surface area contributed by atoms with Crippen LogP contribution in [0.2, 0.25) is 0 Å². The molecule has 0 aliphatic carbocycles. The van der Waals surface area contributed by atoms with Crippen molar-refractivity contribution >= 4 is 26.9 Å². The van der Waals surface area contributed by atoms with Gasteiger partial charge in [-0.25, -0.2) is 8.42 Å². The summed E-state index contributed by atoms with van der Waals surface area (Å²) >= 11 is 1.21. The minimum absolute atomic E-state index is 0.103. The maximum atomic E-state index is 12.2. The summed E-state index contributed by atoms with van der Waals surface area (Å²) < 4.78 is 30.3. The Morgan fingerprint density at radius 1 is 1.32 bits per heavy atom. The Labute approximate surface area is 116 Å². The second kappa shape index (κ2) is 5.63. The summed E-state index contributed by atoms with van der Waals surface area (Å²) in [5, 5.41) is 1.75. The van der Waals surface area contributed by atoms with Gasteiger partial charge in [0, 0.05) is 11.3 Å². The van der Waals surface area contributed by atoms with Gasteiger partial charge in [0.2, 0.25) is 0 Å². The van der Waals surface area contributed by atoms with E-state index in [2.05, 4.69) is 0 Å². The third kappa shape index (κ3) is 3.27. The quantitative estimate of drug-likeness (QED) is 0.861. The first-order valence-electron chi connectivity index (χ1n) is 5.80. The predicted octanol–water partition coefficient (Wildman–Crippen LogP) is 2.70. The van der Waals surface area contributed by atoms with Gasteiger partial charge in [-0.05, 0) is 36.6 Å². The highest BCUT2D eigenvalue weighted by molar-refractivity contribution is 7.92. The van der Waals surface area contributed by atoms with Crippen LogP contribution < -0.4 is 10.5 Å². The lowest BCUT2D eigenvalue weighted by Crippen LogP contribution is -2.06. The van der Waals surface area contributed by atoms with Crippen LogP contribution in [0.3, 0.4) is 0 Å². The number of thiophene rings is 1. The standard InChI is InChI=1S/C13H15NO3S2/c1-2-17-12-6-5-11(14)8-10(12)9-19(15,16)13-4-3-7-18-13/h3-8H,2,9,14H2,1H3. The van der Waals surface area contributed by atoms with E-state index in [1.54, 1.807) is 35.7 Å². The van der Waals surface area contributed by atoms with Crippen molar-refractivity contribution < 1.29 is 13.2 Å². The Morgan fingerprint density at radius 3 is 2.74 bits per heavy atom. The van der Waals surface area contributed by atoms with E-state index in [0.29, 0.717) is 27.8 Å². The number of anilines is 1. The molecule has 0 saturated carbocycles. The number of hydrogen-bond donors (Lipinski definition) is 1. The highest BCUT2D eigenvalue weighted by atomic mass is 32.2. The summed E-state index contributed by atoms with van der Waals surface area (Å²) in [5.41, 5.74) is 6.83. The van der Waals surface area contributed by atoms with Gasteiger partial charge in [0.25, 0.3) is 0 Å². The van der Waals surface area contributed by atoms with E-state index >= 15 is 0 Å². The molecule has 102 valence electrons. The van der Waals surface area contributed by atoms with Gasteiger partial charge in [0.15, 0.2) is 9.84 Å². The Morgan fingerprint density at radius 2 is 2.11 bits per heavy atom. The van der Waals surface area contributed by atoms with E-state index < -0.39 is 9.84 Å². The lowest BCUT2D eigenvalue weighted by molar-refractivity contribution is 0.337. The summed E-state index contributed by atoms with van der Waals surface area (Å²) in [4.78, 5) is 0. The number of ether oxygens (including phenoxy) is 1. The Bertz CT molecular complexity index is 649. The summed E-state index contributed by atoms with van der Waals surface area (Å²) in [7, 11) is -3.34. The minimum atomic E-state index is -3.34. The minimum Gasteiger partial charge on any atom is -0.494 e. The molecule has 0 bridgehead atoms. The van der Waals surface area contributed by atoms with E-state index in [1.165, 1.54) is 11.3 Å². The zero-order valence-electron chi connectivity index (χ0n) is 10.5. The summed E-state index contributed by atoms with van der Waals surface area (Å²) in [5.74, 6) is 0.463. The van der Waals surface area contributed by atoms with Gasteiger partial charge in [0.1, 0.15) is 9.96 Å². The maximum Gasteiger partial charge on any atom is 0.192 e. The second-order valence-corrected chi connectivity index (χ2v) is 7.16. The lowest BCUT2D eigenvalue weighted by atomic mass is 10.2. The topological polar surface area (TPSA) is 69.4 Å². The molecule has 2 N–H and O–H groups in total. The largest absolute Gasteiger partial charge is 0.494 e. The van der Waals surface area contributed by atoms with Gasteiger partial charge < -0.3 is 10.5 Å². The molecule has 19 heavy (non-hydrogen) atoms. The van der Waals surface area contributed by atoms with Crippen molar-refractivity contribution in [3.63, 3.8) is 0 Å². The summed E-state index contributed by atoms with van der Waals surface area (Å²) in [6.07, 6.45) is 0. The van der Waals surface area contributed by atoms with E-state index in [1.807, 2.05) is 6.92 Å². The third-order valence-corrected chi connectivity index (χ3v) is 5.68. The third-order valence-electron chi connectivity index (χ3n) is 2.53. The molecule has 0 saturated heterocycles. The zero-order valence-corrected chi connectivity index (χ0v) is 12.1. The molecule has 2 rings (SSSR count). The normalized spacial score (nSPS) is 11.4. The summed E-state index contributed by atoms with van der Waals surface area (Å²) in [6.45, 7) is 2.34. The van der Waals surface area contributed by atoms with Crippen molar-refractivity contribution in [2.45, 2.75) is 16.9 Å². The molecular formula is C13H15NO3S2. The van der Waals surface area contributed by atoms with Crippen LogP contribution in [0.25, 0.3) is 0 Å². The zero-order chi connectivity index (χ0) is 13.9. The van der Waals surface area contributed by atoms with Crippen molar-refractivity contribution in [3.05, 3.63) is 41.3 Å². The van der Waals surface area contributed by atoms with E-state index in [-0.39, 0.29) is 5.75 Å². The molecule has 2 aromatic rings. The molecular weight excluding hydrogens is 282 g/mol. The number of rotatable bonds is 5. The molecule has 1 aromatic heterocycles. The fourth-order valence-electron chi connectivity index (χ4n) is 1.72. The lowest BCUT2D eigenvalue weighted by Gasteiger charge is -2.11. The van der Waals surface area contributed by atoms with E-state index in [0.717, 1.165) is 0 Å². The Balaban J connectivity index is 2.35. The Kier molecular flexibility index (Phi) is 4.11. The predicted molar refractivity (Wildman–Crippen MR) is 77.2 cm³/mol. The number of nitrogens with two attached hydrogens (primary N) is 1. The van der Waals surface area contributed by atoms with Gasteiger partial charge >= 0.3 is 0 Å². The fraction of sp³-hybridized carbons (Fsp3) is 0.231. The SMILES string of the molecule is CCOc1ccc(N)cc1CS(=O)(=O)c1cccs1. The van der Waals surface area contributed by atoms with Crippen molar-refractivity contribution in [1.82, 2.24) is 0 Å². The van der Waals surface area contributed by atoms with Gasteiger partial charge in [-0.15, -0.1) is 11.3 Å². The number of hydrogen-bond acceptors (Lipinski definition) is 5. The number of sulfone groups is 1. The monoisotopic (exact) mass is 297 g/mol. The van der Waals surface area contributed by atoms with Crippen molar-refractivity contribution in [1.29, 1.82) is 0 Å². The summed E-state index contributed by atoms with van der Waals surface area (Å²) in [6, 6.07) is 8.38.